The largest absolute Gasteiger partial charge is 0.253 e. The molecule has 0 aliphatic heterocycles. The van der Waals surface area contributed by atoms with Gasteiger partial charge in [-0.3, -0.25) is 4.68 Å². The Balaban J connectivity index is 2.17. The molecule has 0 unspecified atom stereocenters. The lowest BCUT2D eigenvalue weighted by atomic mass is 10.2. The van der Waals surface area contributed by atoms with Crippen molar-refractivity contribution < 1.29 is 0 Å². The molecule has 1 aromatic rings. The van der Waals surface area contributed by atoms with Gasteiger partial charge in [-0.25, -0.2) is 4.98 Å². The van der Waals surface area contributed by atoms with Gasteiger partial charge in [-0.2, -0.15) is 5.10 Å². The molecule has 0 atom stereocenters. The molecule has 1 heterocycles. The van der Waals surface area contributed by atoms with E-state index in [1.807, 2.05) is 11.0 Å². The van der Waals surface area contributed by atoms with Gasteiger partial charge < -0.3 is 0 Å². The Kier molecular flexibility index (Phi) is 6.86. The lowest BCUT2D eigenvalue weighted by molar-refractivity contribution is 0.535. The summed E-state index contributed by atoms with van der Waals surface area (Å²) in [6.45, 7) is 5.49. The van der Waals surface area contributed by atoms with Gasteiger partial charge in [0.25, 0.3) is 0 Å². The summed E-state index contributed by atoms with van der Waals surface area (Å²) >= 11 is 0. The van der Waals surface area contributed by atoms with E-state index in [1.54, 1.807) is 0 Å². The summed E-state index contributed by atoms with van der Waals surface area (Å²) in [5.41, 5.74) is 0. The summed E-state index contributed by atoms with van der Waals surface area (Å²) in [6.07, 6.45) is 11.8. The molecule has 0 aliphatic rings. The maximum atomic E-state index is 4.49. The molecule has 0 amide bonds. The second-order valence-electron chi connectivity index (χ2n) is 4.44. The van der Waals surface area contributed by atoms with E-state index >= 15 is 0 Å². The van der Waals surface area contributed by atoms with Crippen LogP contribution in [-0.4, -0.2) is 14.8 Å². The van der Waals surface area contributed by atoms with Gasteiger partial charge in [0.2, 0.25) is 0 Å². The first kappa shape index (κ1) is 13.2. The highest BCUT2D eigenvalue weighted by molar-refractivity contribution is 4.81. The molecule has 0 aliphatic carbocycles. The average molecular weight is 223 g/mol. The highest BCUT2D eigenvalue weighted by Gasteiger charge is 2.00. The highest BCUT2D eigenvalue weighted by atomic mass is 15.3. The van der Waals surface area contributed by atoms with Crippen LogP contribution in [-0.2, 0) is 13.0 Å². The molecule has 92 valence electrons. The smallest absolute Gasteiger partial charge is 0.150 e. The molecular formula is C13H25N3. The highest BCUT2D eigenvalue weighted by Crippen LogP contribution is 2.03. The van der Waals surface area contributed by atoms with Gasteiger partial charge >= 0.3 is 0 Å². The second kappa shape index (κ2) is 8.31. The number of rotatable bonds is 9. The van der Waals surface area contributed by atoms with Crippen LogP contribution in [0.4, 0.5) is 0 Å². The van der Waals surface area contributed by atoms with Crippen molar-refractivity contribution in [3.63, 3.8) is 0 Å². The summed E-state index contributed by atoms with van der Waals surface area (Å²) in [4.78, 5) is 4.34. The van der Waals surface area contributed by atoms with Crippen LogP contribution in [0.3, 0.4) is 0 Å². The monoisotopic (exact) mass is 223 g/mol. The molecule has 0 saturated carbocycles. The van der Waals surface area contributed by atoms with Gasteiger partial charge in [-0.1, -0.05) is 46.0 Å². The van der Waals surface area contributed by atoms with Crippen molar-refractivity contribution in [2.24, 2.45) is 0 Å². The van der Waals surface area contributed by atoms with E-state index in [0.717, 1.165) is 18.8 Å². The van der Waals surface area contributed by atoms with Gasteiger partial charge in [0.15, 0.2) is 5.82 Å². The van der Waals surface area contributed by atoms with E-state index in [-0.39, 0.29) is 0 Å². The SMILES string of the molecule is CCCCCCn1cnc(CCCCC)n1. The van der Waals surface area contributed by atoms with Crippen LogP contribution in [0.2, 0.25) is 0 Å². The van der Waals surface area contributed by atoms with Gasteiger partial charge in [-0.15, -0.1) is 0 Å². The number of hydrogen-bond donors (Lipinski definition) is 0. The molecule has 16 heavy (non-hydrogen) atoms. The van der Waals surface area contributed by atoms with Crippen molar-refractivity contribution in [2.75, 3.05) is 0 Å². The summed E-state index contributed by atoms with van der Waals surface area (Å²) < 4.78 is 2.00. The van der Waals surface area contributed by atoms with Crippen LogP contribution in [0.1, 0.15) is 64.6 Å². The van der Waals surface area contributed by atoms with Crippen LogP contribution in [0, 0.1) is 0 Å². The Bertz CT molecular complexity index is 268. The maximum absolute atomic E-state index is 4.49. The quantitative estimate of drug-likeness (QED) is 0.599. The molecule has 0 bridgehead atoms. The van der Waals surface area contributed by atoms with E-state index in [0.29, 0.717) is 0 Å². The summed E-state index contributed by atoms with van der Waals surface area (Å²) in [7, 11) is 0. The lowest BCUT2D eigenvalue weighted by Gasteiger charge is -1.99. The van der Waals surface area contributed by atoms with E-state index in [9.17, 15) is 0 Å². The molecule has 1 rings (SSSR count). The molecule has 0 aromatic carbocycles. The van der Waals surface area contributed by atoms with Crippen LogP contribution in [0.5, 0.6) is 0 Å². The molecule has 0 N–H and O–H groups in total. The van der Waals surface area contributed by atoms with E-state index in [4.69, 9.17) is 0 Å². The molecule has 0 saturated heterocycles. The van der Waals surface area contributed by atoms with Crippen molar-refractivity contribution in [2.45, 2.75) is 71.8 Å². The van der Waals surface area contributed by atoms with E-state index in [2.05, 4.69) is 23.9 Å². The lowest BCUT2D eigenvalue weighted by Crippen LogP contribution is -1.99. The minimum atomic E-state index is 1.02. The number of unbranched alkanes of at least 4 members (excludes halogenated alkanes) is 5. The minimum Gasteiger partial charge on any atom is -0.253 e. The van der Waals surface area contributed by atoms with E-state index < -0.39 is 0 Å². The Morgan fingerprint density at radius 2 is 1.75 bits per heavy atom. The fraction of sp³-hybridized carbons (Fsp3) is 0.846. The normalized spacial score (nSPS) is 10.9. The van der Waals surface area contributed by atoms with E-state index in [1.165, 1.54) is 44.9 Å². The fourth-order valence-corrected chi connectivity index (χ4v) is 1.79. The fourth-order valence-electron chi connectivity index (χ4n) is 1.79. The third-order valence-electron chi connectivity index (χ3n) is 2.83. The van der Waals surface area contributed by atoms with Crippen LogP contribution < -0.4 is 0 Å². The minimum absolute atomic E-state index is 1.02. The summed E-state index contributed by atoms with van der Waals surface area (Å²) in [5, 5.41) is 4.49. The van der Waals surface area contributed by atoms with Crippen molar-refractivity contribution in [3.05, 3.63) is 12.2 Å². The predicted molar refractivity (Wildman–Crippen MR) is 67.4 cm³/mol. The summed E-state index contributed by atoms with van der Waals surface area (Å²) in [5.74, 6) is 1.02. The molecular weight excluding hydrogens is 198 g/mol. The average Bonchev–Trinajstić information content (AvgIpc) is 2.73. The predicted octanol–water partition coefficient (Wildman–Crippen LogP) is 3.59. The van der Waals surface area contributed by atoms with Gasteiger partial charge in [0.1, 0.15) is 6.33 Å². The number of aryl methyl sites for hydroxylation is 2. The van der Waals surface area contributed by atoms with Crippen LogP contribution in [0.25, 0.3) is 0 Å². The summed E-state index contributed by atoms with van der Waals surface area (Å²) in [6, 6.07) is 0. The third kappa shape index (κ3) is 5.29. The zero-order valence-corrected chi connectivity index (χ0v) is 10.8. The number of aromatic nitrogens is 3. The maximum Gasteiger partial charge on any atom is 0.150 e. The molecule has 3 heteroatoms. The first-order chi connectivity index (χ1) is 7.86. The van der Waals surface area contributed by atoms with Crippen molar-refractivity contribution in [1.82, 2.24) is 14.8 Å². The van der Waals surface area contributed by atoms with Gasteiger partial charge in [0, 0.05) is 13.0 Å². The molecule has 0 spiro atoms. The van der Waals surface area contributed by atoms with Gasteiger partial charge in [0.05, 0.1) is 0 Å². The van der Waals surface area contributed by atoms with Crippen LogP contribution >= 0.6 is 0 Å². The number of hydrogen-bond acceptors (Lipinski definition) is 2. The Morgan fingerprint density at radius 3 is 2.50 bits per heavy atom. The molecule has 1 aromatic heterocycles. The van der Waals surface area contributed by atoms with Gasteiger partial charge in [-0.05, 0) is 12.8 Å². The Labute approximate surface area is 99.3 Å². The topological polar surface area (TPSA) is 30.7 Å². The van der Waals surface area contributed by atoms with Crippen molar-refractivity contribution in [1.29, 1.82) is 0 Å². The Hall–Kier alpha value is -0.860. The first-order valence-corrected chi connectivity index (χ1v) is 6.75. The first-order valence-electron chi connectivity index (χ1n) is 6.75. The molecule has 3 nitrogen and oxygen atoms in total. The standard InChI is InChI=1S/C13H25N3/c1-3-5-7-9-11-16-12-14-13(15-16)10-8-6-4-2/h12H,3-11H2,1-2H3. The number of nitrogens with zero attached hydrogens (tertiary/aromatic N) is 3. The zero-order chi connectivity index (χ0) is 11.6. The van der Waals surface area contributed by atoms with Crippen LogP contribution in [0.15, 0.2) is 6.33 Å². The second-order valence-corrected chi connectivity index (χ2v) is 4.44. The Morgan fingerprint density at radius 1 is 1.00 bits per heavy atom. The zero-order valence-electron chi connectivity index (χ0n) is 10.8. The van der Waals surface area contributed by atoms with Crippen molar-refractivity contribution in [3.8, 4) is 0 Å². The van der Waals surface area contributed by atoms with Crippen molar-refractivity contribution >= 4 is 0 Å². The molecule has 0 radical (unpaired) electrons. The third-order valence-corrected chi connectivity index (χ3v) is 2.83. The molecule has 0 fully saturated rings.